The highest BCUT2D eigenvalue weighted by Gasteiger charge is 2.32. The summed E-state index contributed by atoms with van der Waals surface area (Å²) < 4.78 is 0.940. The van der Waals surface area contributed by atoms with Crippen LogP contribution in [-0.2, 0) is 0 Å². The van der Waals surface area contributed by atoms with Gasteiger partial charge in [0.2, 0.25) is 0 Å². The lowest BCUT2D eigenvalue weighted by molar-refractivity contribution is 0.104. The van der Waals surface area contributed by atoms with Crippen LogP contribution >= 0.6 is 15.9 Å². The molecule has 0 unspecified atom stereocenters. The van der Waals surface area contributed by atoms with Crippen LogP contribution in [0.1, 0.15) is 11.6 Å². The summed E-state index contributed by atoms with van der Waals surface area (Å²) in [5.41, 5.74) is 0.964. The van der Waals surface area contributed by atoms with Gasteiger partial charge in [-0.15, -0.1) is 0 Å². The van der Waals surface area contributed by atoms with Crippen molar-refractivity contribution in [2.75, 3.05) is 13.1 Å². The molecule has 1 fully saturated rings. The number of halogens is 1. The maximum absolute atomic E-state index is 10.5. The van der Waals surface area contributed by atoms with Crippen LogP contribution in [0.3, 0.4) is 0 Å². The quantitative estimate of drug-likeness (QED) is 0.836. The second-order valence-electron chi connectivity index (χ2n) is 3.29. The van der Waals surface area contributed by atoms with Crippen molar-refractivity contribution in [1.29, 1.82) is 0 Å². The fourth-order valence-electron chi connectivity index (χ4n) is 1.45. The molecule has 4 nitrogen and oxygen atoms in total. The van der Waals surface area contributed by atoms with E-state index in [1.807, 2.05) is 12.1 Å². The molecule has 1 N–H and O–H groups in total. The van der Waals surface area contributed by atoms with Gasteiger partial charge in [0.1, 0.15) is 0 Å². The van der Waals surface area contributed by atoms with E-state index in [-0.39, 0.29) is 5.92 Å². The standard InChI is InChI=1S/C9H9BrN2O2/c10-7-1-2-8(11-3-7)6-4-12(5-6)9(13)14/h1-3,6H,4-5H2,(H,13,14). The summed E-state index contributed by atoms with van der Waals surface area (Å²) in [6.07, 6.45) is 0.886. The third kappa shape index (κ3) is 1.72. The van der Waals surface area contributed by atoms with E-state index in [4.69, 9.17) is 5.11 Å². The first kappa shape index (κ1) is 9.45. The SMILES string of the molecule is O=C(O)N1CC(c2ccc(Br)cn2)C1. The molecular formula is C9H9BrN2O2. The highest BCUT2D eigenvalue weighted by molar-refractivity contribution is 9.10. The predicted octanol–water partition coefficient (Wildman–Crippen LogP) is 1.92. The molecule has 5 heteroatoms. The Morgan fingerprint density at radius 1 is 1.57 bits per heavy atom. The fourth-order valence-corrected chi connectivity index (χ4v) is 1.69. The minimum atomic E-state index is -0.849. The van der Waals surface area contributed by atoms with E-state index >= 15 is 0 Å². The summed E-state index contributed by atoms with van der Waals surface area (Å²) in [6.45, 7) is 1.12. The average Bonchev–Trinajstić information content (AvgIpc) is 2.05. The molecule has 0 aliphatic carbocycles. The van der Waals surface area contributed by atoms with E-state index in [9.17, 15) is 4.79 Å². The Morgan fingerprint density at radius 2 is 2.29 bits per heavy atom. The van der Waals surface area contributed by atoms with E-state index in [2.05, 4.69) is 20.9 Å². The zero-order chi connectivity index (χ0) is 10.1. The van der Waals surface area contributed by atoms with Crippen LogP contribution in [-0.4, -0.2) is 34.2 Å². The third-order valence-electron chi connectivity index (χ3n) is 2.32. The molecule has 1 saturated heterocycles. The Balaban J connectivity index is 2.00. The van der Waals surface area contributed by atoms with Crippen LogP contribution in [0.15, 0.2) is 22.8 Å². The van der Waals surface area contributed by atoms with Gasteiger partial charge >= 0.3 is 6.09 Å². The van der Waals surface area contributed by atoms with E-state index in [0.29, 0.717) is 13.1 Å². The van der Waals surface area contributed by atoms with Gasteiger partial charge in [0.05, 0.1) is 0 Å². The van der Waals surface area contributed by atoms with Crippen LogP contribution in [0, 0.1) is 0 Å². The smallest absolute Gasteiger partial charge is 0.407 e. The van der Waals surface area contributed by atoms with Gasteiger partial charge in [-0.25, -0.2) is 4.79 Å². The van der Waals surface area contributed by atoms with Crippen molar-refractivity contribution in [1.82, 2.24) is 9.88 Å². The number of rotatable bonds is 1. The van der Waals surface area contributed by atoms with Gasteiger partial charge in [0, 0.05) is 35.4 Å². The normalized spacial score (nSPS) is 16.5. The maximum Gasteiger partial charge on any atom is 0.407 e. The second-order valence-corrected chi connectivity index (χ2v) is 4.20. The lowest BCUT2D eigenvalue weighted by Gasteiger charge is -2.36. The number of pyridine rings is 1. The molecule has 0 radical (unpaired) electrons. The zero-order valence-electron chi connectivity index (χ0n) is 7.35. The van der Waals surface area contributed by atoms with Gasteiger partial charge in [-0.1, -0.05) is 0 Å². The molecule has 1 aliphatic rings. The second kappa shape index (κ2) is 3.57. The van der Waals surface area contributed by atoms with E-state index in [0.717, 1.165) is 10.2 Å². The molecular weight excluding hydrogens is 248 g/mol. The summed E-state index contributed by atoms with van der Waals surface area (Å²) in [6, 6.07) is 3.85. The Bertz CT molecular complexity index is 346. The molecule has 1 aromatic heterocycles. The van der Waals surface area contributed by atoms with E-state index < -0.39 is 6.09 Å². The minimum absolute atomic E-state index is 0.263. The van der Waals surface area contributed by atoms with Crippen molar-refractivity contribution in [3.8, 4) is 0 Å². The Labute approximate surface area is 89.7 Å². The molecule has 0 bridgehead atoms. The lowest BCUT2D eigenvalue weighted by atomic mass is 9.96. The first-order valence-electron chi connectivity index (χ1n) is 4.26. The van der Waals surface area contributed by atoms with Crippen LogP contribution < -0.4 is 0 Å². The van der Waals surface area contributed by atoms with Gasteiger partial charge in [0.25, 0.3) is 0 Å². The van der Waals surface area contributed by atoms with E-state index in [1.54, 1.807) is 6.20 Å². The first-order valence-corrected chi connectivity index (χ1v) is 5.05. The summed E-state index contributed by atoms with van der Waals surface area (Å²) in [5.74, 6) is 0.263. The number of hydrogen-bond donors (Lipinski definition) is 1. The van der Waals surface area contributed by atoms with E-state index in [1.165, 1.54) is 4.90 Å². The van der Waals surface area contributed by atoms with Gasteiger partial charge in [0.15, 0.2) is 0 Å². The molecule has 1 amide bonds. The molecule has 1 aromatic rings. The molecule has 0 spiro atoms. The molecule has 1 aliphatic heterocycles. The summed E-state index contributed by atoms with van der Waals surface area (Å²) in [5, 5.41) is 8.64. The molecule has 0 aromatic carbocycles. The van der Waals surface area contributed by atoms with Crippen molar-refractivity contribution < 1.29 is 9.90 Å². The highest BCUT2D eigenvalue weighted by Crippen LogP contribution is 2.25. The first-order chi connectivity index (χ1) is 6.66. The fraction of sp³-hybridized carbons (Fsp3) is 0.333. The molecule has 2 rings (SSSR count). The number of carbonyl (C=O) groups is 1. The molecule has 14 heavy (non-hydrogen) atoms. The van der Waals surface area contributed by atoms with Gasteiger partial charge < -0.3 is 10.0 Å². The monoisotopic (exact) mass is 256 g/mol. The highest BCUT2D eigenvalue weighted by atomic mass is 79.9. The Kier molecular flexibility index (Phi) is 2.41. The van der Waals surface area contributed by atoms with Crippen LogP contribution in [0.4, 0.5) is 4.79 Å². The van der Waals surface area contributed by atoms with Gasteiger partial charge in [-0.05, 0) is 28.1 Å². The molecule has 0 saturated carbocycles. The van der Waals surface area contributed by atoms with Crippen molar-refractivity contribution >= 4 is 22.0 Å². The molecule has 0 atom stereocenters. The van der Waals surface area contributed by atoms with Crippen LogP contribution in [0.25, 0.3) is 0 Å². The predicted molar refractivity (Wildman–Crippen MR) is 54.3 cm³/mol. The van der Waals surface area contributed by atoms with Crippen LogP contribution in [0.2, 0.25) is 0 Å². The average molecular weight is 257 g/mol. The van der Waals surface area contributed by atoms with Gasteiger partial charge in [-0.3, -0.25) is 4.98 Å². The number of hydrogen-bond acceptors (Lipinski definition) is 2. The largest absolute Gasteiger partial charge is 0.465 e. The summed E-state index contributed by atoms with van der Waals surface area (Å²) in [7, 11) is 0. The molecule has 74 valence electrons. The van der Waals surface area contributed by atoms with Crippen molar-refractivity contribution in [2.45, 2.75) is 5.92 Å². The number of nitrogens with zero attached hydrogens (tertiary/aromatic N) is 2. The lowest BCUT2D eigenvalue weighted by Crippen LogP contribution is -2.48. The summed E-state index contributed by atoms with van der Waals surface area (Å²) >= 11 is 3.30. The minimum Gasteiger partial charge on any atom is -0.465 e. The topological polar surface area (TPSA) is 53.4 Å². The molecule has 2 heterocycles. The van der Waals surface area contributed by atoms with Crippen molar-refractivity contribution in [3.63, 3.8) is 0 Å². The Morgan fingerprint density at radius 3 is 2.79 bits per heavy atom. The Hall–Kier alpha value is -1.10. The van der Waals surface area contributed by atoms with Gasteiger partial charge in [-0.2, -0.15) is 0 Å². The number of likely N-dealkylation sites (tertiary alicyclic amines) is 1. The zero-order valence-corrected chi connectivity index (χ0v) is 8.94. The van der Waals surface area contributed by atoms with Crippen molar-refractivity contribution in [2.24, 2.45) is 0 Å². The van der Waals surface area contributed by atoms with Crippen LogP contribution in [0.5, 0.6) is 0 Å². The number of aromatic nitrogens is 1. The maximum atomic E-state index is 10.5. The third-order valence-corrected chi connectivity index (χ3v) is 2.79. The number of carboxylic acid groups (broad SMARTS) is 1. The van der Waals surface area contributed by atoms with Crippen molar-refractivity contribution in [3.05, 3.63) is 28.5 Å². The number of amides is 1. The summed E-state index contributed by atoms with van der Waals surface area (Å²) in [4.78, 5) is 16.1.